The number of benzene rings is 2. The summed E-state index contributed by atoms with van der Waals surface area (Å²) in [5.74, 6) is -0.338. The van der Waals surface area contributed by atoms with Crippen molar-refractivity contribution in [3.8, 4) is 0 Å². The van der Waals surface area contributed by atoms with Gasteiger partial charge in [0.2, 0.25) is 5.91 Å². The highest BCUT2D eigenvalue weighted by Gasteiger charge is 2.18. The molecule has 128 valence electrons. The fourth-order valence-electron chi connectivity index (χ4n) is 2.14. The predicted molar refractivity (Wildman–Crippen MR) is 102 cm³/mol. The molecule has 5 nitrogen and oxygen atoms in total. The molecule has 0 radical (unpaired) electrons. The van der Waals surface area contributed by atoms with E-state index < -0.39 is 11.3 Å². The second kappa shape index (κ2) is 8.13. The normalized spacial score (nSPS) is 11.9. The highest BCUT2D eigenvalue weighted by atomic mass is 32.2. The van der Waals surface area contributed by atoms with Gasteiger partial charge in [0.05, 0.1) is 15.5 Å². The number of rotatable bonds is 5. The van der Waals surface area contributed by atoms with E-state index in [0.29, 0.717) is 6.54 Å². The number of imide groups is 1. The summed E-state index contributed by atoms with van der Waals surface area (Å²) in [6.45, 7) is 2.13. The van der Waals surface area contributed by atoms with E-state index in [1.54, 1.807) is 18.3 Å². The topological polar surface area (TPSA) is 71.1 Å². The van der Waals surface area contributed by atoms with Crippen molar-refractivity contribution in [2.24, 2.45) is 0 Å². The average molecular weight is 371 g/mol. The van der Waals surface area contributed by atoms with Gasteiger partial charge < -0.3 is 5.32 Å². The van der Waals surface area contributed by atoms with E-state index >= 15 is 0 Å². The molecular formula is C18H17N3O2S2. The summed E-state index contributed by atoms with van der Waals surface area (Å²) in [7, 11) is 0. The number of para-hydroxylation sites is 1. The first kappa shape index (κ1) is 17.4. The number of urea groups is 1. The van der Waals surface area contributed by atoms with Gasteiger partial charge in [0.25, 0.3) is 0 Å². The van der Waals surface area contributed by atoms with Gasteiger partial charge in [0.15, 0.2) is 4.34 Å². The van der Waals surface area contributed by atoms with Crippen LogP contribution < -0.4 is 10.6 Å². The number of nitrogens with zero attached hydrogens (tertiary/aromatic N) is 1. The molecule has 0 saturated heterocycles. The van der Waals surface area contributed by atoms with Crippen molar-refractivity contribution in [2.45, 2.75) is 23.1 Å². The van der Waals surface area contributed by atoms with Gasteiger partial charge in [0.1, 0.15) is 0 Å². The van der Waals surface area contributed by atoms with Crippen LogP contribution in [0, 0.1) is 0 Å². The number of hydrogen-bond acceptors (Lipinski definition) is 5. The third-order valence-electron chi connectivity index (χ3n) is 3.45. The SMILES string of the molecule is CC(Sc1nc2ccccc2s1)C(=O)NC(=O)NCc1ccccc1. The minimum atomic E-state index is -0.495. The molecule has 3 aromatic rings. The molecule has 0 bridgehead atoms. The highest BCUT2D eigenvalue weighted by molar-refractivity contribution is 8.02. The van der Waals surface area contributed by atoms with Gasteiger partial charge in [-0.25, -0.2) is 9.78 Å². The number of thiazole rings is 1. The Bertz CT molecular complexity index is 847. The first-order valence-corrected chi connectivity index (χ1v) is 9.46. The van der Waals surface area contributed by atoms with Crippen LogP contribution in [0.15, 0.2) is 58.9 Å². The lowest BCUT2D eigenvalue weighted by Crippen LogP contribution is -2.42. The number of fused-ring (bicyclic) bond motifs is 1. The zero-order chi connectivity index (χ0) is 17.6. The number of amides is 3. The van der Waals surface area contributed by atoms with Crippen molar-refractivity contribution in [3.05, 3.63) is 60.2 Å². The summed E-state index contributed by atoms with van der Waals surface area (Å²) in [5, 5.41) is 4.63. The smallest absolute Gasteiger partial charge is 0.321 e. The van der Waals surface area contributed by atoms with Crippen LogP contribution in [0.3, 0.4) is 0 Å². The Morgan fingerprint density at radius 2 is 1.84 bits per heavy atom. The van der Waals surface area contributed by atoms with Crippen molar-refractivity contribution < 1.29 is 9.59 Å². The number of nitrogens with one attached hydrogen (secondary N) is 2. The molecule has 0 fully saturated rings. The molecule has 0 spiro atoms. The van der Waals surface area contributed by atoms with E-state index in [4.69, 9.17) is 0 Å². The van der Waals surface area contributed by atoms with Crippen LogP contribution in [0.1, 0.15) is 12.5 Å². The fraction of sp³-hybridized carbons (Fsp3) is 0.167. The number of carbonyl (C=O) groups excluding carboxylic acids is 2. The fourth-order valence-corrected chi connectivity index (χ4v) is 4.35. The molecule has 0 aliphatic carbocycles. The lowest BCUT2D eigenvalue weighted by atomic mass is 10.2. The summed E-state index contributed by atoms with van der Waals surface area (Å²) in [4.78, 5) is 28.5. The van der Waals surface area contributed by atoms with Crippen molar-refractivity contribution >= 4 is 45.3 Å². The van der Waals surface area contributed by atoms with Gasteiger partial charge >= 0.3 is 6.03 Å². The van der Waals surface area contributed by atoms with Crippen LogP contribution in [0.4, 0.5) is 4.79 Å². The molecule has 0 aliphatic heterocycles. The zero-order valence-electron chi connectivity index (χ0n) is 13.6. The van der Waals surface area contributed by atoms with Crippen LogP contribution in [0.2, 0.25) is 0 Å². The maximum atomic E-state index is 12.2. The van der Waals surface area contributed by atoms with Crippen molar-refractivity contribution in [1.29, 1.82) is 0 Å². The van der Waals surface area contributed by atoms with E-state index in [1.165, 1.54) is 11.8 Å². The standard InChI is InChI=1S/C18H17N3O2S2/c1-12(24-18-20-14-9-5-6-10-15(14)25-18)16(22)21-17(23)19-11-13-7-3-2-4-8-13/h2-10,12H,11H2,1H3,(H2,19,21,22,23). The summed E-state index contributed by atoms with van der Waals surface area (Å²) in [6, 6.07) is 16.9. The molecule has 3 rings (SSSR count). The maximum absolute atomic E-state index is 12.2. The lowest BCUT2D eigenvalue weighted by molar-refractivity contribution is -0.119. The number of hydrogen-bond donors (Lipinski definition) is 2. The van der Waals surface area contributed by atoms with Crippen LogP contribution in [-0.4, -0.2) is 22.2 Å². The Morgan fingerprint density at radius 1 is 1.12 bits per heavy atom. The average Bonchev–Trinajstić information content (AvgIpc) is 3.03. The van der Waals surface area contributed by atoms with Crippen molar-refractivity contribution in [3.63, 3.8) is 0 Å². The molecule has 3 amide bonds. The van der Waals surface area contributed by atoms with Gasteiger partial charge in [-0.2, -0.15) is 0 Å². The summed E-state index contributed by atoms with van der Waals surface area (Å²) >= 11 is 2.89. The van der Waals surface area contributed by atoms with E-state index in [-0.39, 0.29) is 5.91 Å². The Balaban J connectivity index is 1.50. The minimum absolute atomic E-state index is 0.338. The second-order valence-electron chi connectivity index (χ2n) is 5.37. The second-order valence-corrected chi connectivity index (χ2v) is 7.98. The Morgan fingerprint density at radius 3 is 2.60 bits per heavy atom. The lowest BCUT2D eigenvalue weighted by Gasteiger charge is -2.10. The predicted octanol–water partition coefficient (Wildman–Crippen LogP) is 3.80. The van der Waals surface area contributed by atoms with Gasteiger partial charge in [-0.3, -0.25) is 10.1 Å². The van der Waals surface area contributed by atoms with Gasteiger partial charge in [0, 0.05) is 6.54 Å². The van der Waals surface area contributed by atoms with Crippen LogP contribution in [0.5, 0.6) is 0 Å². The molecule has 25 heavy (non-hydrogen) atoms. The van der Waals surface area contributed by atoms with Crippen molar-refractivity contribution in [2.75, 3.05) is 0 Å². The van der Waals surface area contributed by atoms with Crippen molar-refractivity contribution in [1.82, 2.24) is 15.6 Å². The van der Waals surface area contributed by atoms with Gasteiger partial charge in [-0.15, -0.1) is 11.3 Å². The highest BCUT2D eigenvalue weighted by Crippen LogP contribution is 2.31. The molecular weight excluding hydrogens is 354 g/mol. The first-order valence-electron chi connectivity index (χ1n) is 7.76. The van der Waals surface area contributed by atoms with Crippen LogP contribution in [0.25, 0.3) is 10.2 Å². The van der Waals surface area contributed by atoms with Gasteiger partial charge in [-0.05, 0) is 24.6 Å². The molecule has 1 atom stereocenters. The largest absolute Gasteiger partial charge is 0.334 e. The zero-order valence-corrected chi connectivity index (χ0v) is 15.2. The third-order valence-corrected chi connectivity index (χ3v) is 5.68. The maximum Gasteiger partial charge on any atom is 0.321 e. The minimum Gasteiger partial charge on any atom is -0.334 e. The van der Waals surface area contributed by atoms with Crippen LogP contribution in [-0.2, 0) is 11.3 Å². The Labute approximate surface area is 153 Å². The Kier molecular flexibility index (Phi) is 5.67. The summed E-state index contributed by atoms with van der Waals surface area (Å²) in [6.07, 6.45) is 0. The summed E-state index contributed by atoms with van der Waals surface area (Å²) in [5.41, 5.74) is 1.89. The van der Waals surface area contributed by atoms with E-state index in [2.05, 4.69) is 15.6 Å². The molecule has 0 aliphatic rings. The molecule has 1 unspecified atom stereocenters. The molecule has 0 saturated carbocycles. The molecule has 7 heteroatoms. The van der Waals surface area contributed by atoms with E-state index in [9.17, 15) is 9.59 Å². The molecule has 1 heterocycles. The molecule has 2 aromatic carbocycles. The van der Waals surface area contributed by atoms with Crippen LogP contribution >= 0.6 is 23.1 Å². The number of carbonyl (C=O) groups is 2. The quantitative estimate of drug-likeness (QED) is 0.669. The number of thioether (sulfide) groups is 1. The first-order chi connectivity index (χ1) is 12.1. The number of aromatic nitrogens is 1. The molecule has 2 N–H and O–H groups in total. The Hall–Kier alpha value is -2.38. The van der Waals surface area contributed by atoms with E-state index in [1.807, 2.05) is 54.6 Å². The van der Waals surface area contributed by atoms with E-state index in [0.717, 1.165) is 20.1 Å². The monoisotopic (exact) mass is 371 g/mol. The molecule has 1 aromatic heterocycles. The van der Waals surface area contributed by atoms with Gasteiger partial charge in [-0.1, -0.05) is 54.2 Å². The summed E-state index contributed by atoms with van der Waals surface area (Å²) < 4.78 is 1.90. The third kappa shape index (κ3) is 4.80.